The maximum Gasteiger partial charge on any atom is 0.212 e. The van der Waals surface area contributed by atoms with Gasteiger partial charge in [0.2, 0.25) is 5.16 Å². The zero-order chi connectivity index (χ0) is 20.6. The largest absolute Gasteiger partial charge is 0.488 e. The molecule has 6 heteroatoms. The van der Waals surface area contributed by atoms with Gasteiger partial charge in [0.1, 0.15) is 18.7 Å². The van der Waals surface area contributed by atoms with Crippen LogP contribution in [0.1, 0.15) is 22.3 Å². The van der Waals surface area contributed by atoms with Crippen LogP contribution >= 0.6 is 11.8 Å². The van der Waals surface area contributed by atoms with Gasteiger partial charge in [0.05, 0.1) is 6.21 Å². The van der Waals surface area contributed by atoms with Crippen molar-refractivity contribution in [2.45, 2.75) is 24.4 Å². The fourth-order valence-corrected chi connectivity index (χ4v) is 3.62. The zero-order valence-electron chi connectivity index (χ0n) is 16.7. The second-order valence-electron chi connectivity index (χ2n) is 6.79. The number of rotatable bonds is 8. The van der Waals surface area contributed by atoms with E-state index in [0.29, 0.717) is 6.61 Å². The van der Waals surface area contributed by atoms with Gasteiger partial charge in [0, 0.05) is 11.3 Å². The Balaban J connectivity index is 1.43. The molecule has 0 radical (unpaired) electrons. The van der Waals surface area contributed by atoms with Crippen molar-refractivity contribution in [1.29, 1.82) is 0 Å². The summed E-state index contributed by atoms with van der Waals surface area (Å²) in [7, 11) is 0. The average Bonchev–Trinajstić information content (AvgIpc) is 3.24. The number of hydrogen-bond donors (Lipinski definition) is 0. The van der Waals surface area contributed by atoms with Crippen LogP contribution in [0.3, 0.4) is 0 Å². The first-order valence-corrected chi connectivity index (χ1v) is 10.6. The highest BCUT2D eigenvalue weighted by atomic mass is 32.2. The monoisotopic (exact) mass is 414 g/mol. The fraction of sp³-hybridized carbons (Fsp3) is 0.125. The molecule has 0 atom stereocenters. The van der Waals surface area contributed by atoms with Crippen LogP contribution in [0.2, 0.25) is 0 Å². The number of para-hydroxylation sites is 1. The molecule has 4 aromatic rings. The number of aryl methyl sites for hydroxylation is 1. The molecular weight excluding hydrogens is 392 g/mol. The van der Waals surface area contributed by atoms with Crippen molar-refractivity contribution in [3.05, 3.63) is 107 Å². The SMILES string of the molecule is Cc1ccc(CSc2nncn2/N=C/c2ccccc2OCc2ccccc2)cc1. The molecule has 0 unspecified atom stereocenters. The minimum Gasteiger partial charge on any atom is -0.488 e. The molecule has 4 rings (SSSR count). The summed E-state index contributed by atoms with van der Waals surface area (Å²) in [5, 5.41) is 13.5. The van der Waals surface area contributed by atoms with Crippen molar-refractivity contribution in [2.75, 3.05) is 0 Å². The lowest BCUT2D eigenvalue weighted by atomic mass is 10.2. The molecule has 0 N–H and O–H groups in total. The topological polar surface area (TPSA) is 52.3 Å². The molecule has 0 saturated heterocycles. The highest BCUT2D eigenvalue weighted by Gasteiger charge is 2.06. The van der Waals surface area contributed by atoms with E-state index in [2.05, 4.69) is 46.5 Å². The molecule has 5 nitrogen and oxygen atoms in total. The Morgan fingerprint density at radius 3 is 2.53 bits per heavy atom. The second kappa shape index (κ2) is 9.89. The van der Waals surface area contributed by atoms with Crippen molar-refractivity contribution in [1.82, 2.24) is 14.9 Å². The van der Waals surface area contributed by atoms with Crippen LogP contribution in [0.15, 0.2) is 95.4 Å². The predicted octanol–water partition coefficient (Wildman–Crippen LogP) is 5.34. The standard InChI is InChI=1S/C24H22N4OS/c1-19-11-13-21(14-12-19)17-30-24-27-25-18-28(24)26-15-22-9-5-6-10-23(22)29-16-20-7-3-2-4-8-20/h2-15,18H,16-17H2,1H3/b26-15+. The van der Waals surface area contributed by atoms with Crippen LogP contribution in [0, 0.1) is 6.92 Å². The Labute approximate surface area is 180 Å². The van der Waals surface area contributed by atoms with Crippen LogP contribution in [0.5, 0.6) is 5.75 Å². The van der Waals surface area contributed by atoms with Crippen molar-refractivity contribution in [3.8, 4) is 5.75 Å². The van der Waals surface area contributed by atoms with Crippen LogP contribution < -0.4 is 4.74 Å². The molecule has 30 heavy (non-hydrogen) atoms. The van der Waals surface area contributed by atoms with Gasteiger partial charge in [-0.2, -0.15) is 9.78 Å². The van der Waals surface area contributed by atoms with Gasteiger partial charge in [-0.3, -0.25) is 0 Å². The summed E-state index contributed by atoms with van der Waals surface area (Å²) >= 11 is 1.60. The van der Waals surface area contributed by atoms with E-state index in [4.69, 9.17) is 4.74 Å². The summed E-state index contributed by atoms with van der Waals surface area (Å²) < 4.78 is 7.69. The van der Waals surface area contributed by atoms with Gasteiger partial charge in [0.25, 0.3) is 0 Å². The minimum absolute atomic E-state index is 0.510. The van der Waals surface area contributed by atoms with E-state index in [1.165, 1.54) is 11.1 Å². The van der Waals surface area contributed by atoms with Crippen molar-refractivity contribution in [3.63, 3.8) is 0 Å². The van der Waals surface area contributed by atoms with E-state index in [1.54, 1.807) is 29.0 Å². The first-order valence-electron chi connectivity index (χ1n) is 9.66. The minimum atomic E-state index is 0.510. The summed E-state index contributed by atoms with van der Waals surface area (Å²) in [4.78, 5) is 0. The number of ether oxygens (including phenoxy) is 1. The van der Waals surface area contributed by atoms with Crippen LogP contribution in [-0.4, -0.2) is 21.1 Å². The molecule has 0 aliphatic carbocycles. The fourth-order valence-electron chi connectivity index (χ4n) is 2.80. The third-order valence-electron chi connectivity index (χ3n) is 4.47. The lowest BCUT2D eigenvalue weighted by molar-refractivity contribution is 0.306. The molecule has 0 amide bonds. The summed E-state index contributed by atoms with van der Waals surface area (Å²) in [6.45, 7) is 2.60. The van der Waals surface area contributed by atoms with E-state index in [-0.39, 0.29) is 0 Å². The number of thioether (sulfide) groups is 1. The lowest BCUT2D eigenvalue weighted by Crippen LogP contribution is -1.99. The highest BCUT2D eigenvalue weighted by Crippen LogP contribution is 2.22. The molecule has 0 aliphatic heterocycles. The third-order valence-corrected chi connectivity index (χ3v) is 5.47. The molecular formula is C24H22N4OS. The molecule has 0 fully saturated rings. The smallest absolute Gasteiger partial charge is 0.212 e. The normalized spacial score (nSPS) is 11.1. The maximum absolute atomic E-state index is 6.00. The highest BCUT2D eigenvalue weighted by molar-refractivity contribution is 7.98. The van der Waals surface area contributed by atoms with Crippen LogP contribution in [-0.2, 0) is 12.4 Å². The molecule has 0 spiro atoms. The molecule has 1 heterocycles. The summed E-state index contributed by atoms with van der Waals surface area (Å²) in [5.41, 5.74) is 4.52. The summed E-state index contributed by atoms with van der Waals surface area (Å²) in [6.07, 6.45) is 3.39. The van der Waals surface area contributed by atoms with E-state index in [1.807, 2.05) is 54.6 Å². The number of hydrogen-bond acceptors (Lipinski definition) is 5. The number of benzene rings is 3. The van der Waals surface area contributed by atoms with Crippen LogP contribution in [0.4, 0.5) is 0 Å². The van der Waals surface area contributed by atoms with Gasteiger partial charge in [-0.05, 0) is 30.2 Å². The third kappa shape index (κ3) is 5.36. The first-order chi connectivity index (χ1) is 14.8. The molecule has 0 aliphatic rings. The molecule has 0 saturated carbocycles. The molecule has 0 bridgehead atoms. The van der Waals surface area contributed by atoms with E-state index in [0.717, 1.165) is 27.8 Å². The van der Waals surface area contributed by atoms with Gasteiger partial charge in [-0.1, -0.05) is 84.1 Å². The van der Waals surface area contributed by atoms with Gasteiger partial charge in [0.15, 0.2) is 0 Å². The second-order valence-corrected chi connectivity index (χ2v) is 7.73. The quantitative estimate of drug-likeness (QED) is 0.288. The van der Waals surface area contributed by atoms with Gasteiger partial charge in [-0.15, -0.1) is 10.2 Å². The Bertz CT molecular complexity index is 1110. The Morgan fingerprint density at radius 2 is 1.70 bits per heavy atom. The van der Waals surface area contributed by atoms with Crippen LogP contribution in [0.25, 0.3) is 0 Å². The zero-order valence-corrected chi connectivity index (χ0v) is 17.5. The van der Waals surface area contributed by atoms with Crippen molar-refractivity contribution >= 4 is 18.0 Å². The molecule has 1 aromatic heterocycles. The maximum atomic E-state index is 6.00. The lowest BCUT2D eigenvalue weighted by Gasteiger charge is -2.09. The Kier molecular flexibility index (Phi) is 6.57. The molecule has 150 valence electrons. The summed E-state index contributed by atoms with van der Waals surface area (Å²) in [5.74, 6) is 1.60. The van der Waals surface area contributed by atoms with Gasteiger partial charge in [-0.25, -0.2) is 0 Å². The van der Waals surface area contributed by atoms with E-state index >= 15 is 0 Å². The summed E-state index contributed by atoms with van der Waals surface area (Å²) in [6, 6.07) is 26.5. The Hall–Kier alpha value is -3.38. The van der Waals surface area contributed by atoms with Crippen molar-refractivity contribution < 1.29 is 4.74 Å². The van der Waals surface area contributed by atoms with E-state index < -0.39 is 0 Å². The predicted molar refractivity (Wildman–Crippen MR) is 121 cm³/mol. The van der Waals surface area contributed by atoms with Gasteiger partial charge < -0.3 is 4.74 Å². The molecule has 3 aromatic carbocycles. The van der Waals surface area contributed by atoms with E-state index in [9.17, 15) is 0 Å². The average molecular weight is 415 g/mol. The van der Waals surface area contributed by atoms with Gasteiger partial charge >= 0.3 is 0 Å². The first kappa shape index (κ1) is 19.9. The number of aromatic nitrogens is 3. The van der Waals surface area contributed by atoms with Crippen molar-refractivity contribution in [2.24, 2.45) is 5.10 Å². The number of nitrogens with zero attached hydrogens (tertiary/aromatic N) is 4. The Morgan fingerprint density at radius 1 is 0.933 bits per heavy atom.